The molecule has 1 rings (SSSR count). The van der Waals surface area contributed by atoms with Crippen LogP contribution >= 0.6 is 11.3 Å². The molecule has 19 heavy (non-hydrogen) atoms. The van der Waals surface area contributed by atoms with Crippen LogP contribution in [0.15, 0.2) is 6.20 Å². The summed E-state index contributed by atoms with van der Waals surface area (Å²) in [7, 11) is 2.13. The van der Waals surface area contributed by atoms with Crippen molar-refractivity contribution in [2.75, 3.05) is 11.9 Å². The zero-order valence-corrected chi connectivity index (χ0v) is 14.5. The Kier molecular flexibility index (Phi) is 5.02. The van der Waals surface area contributed by atoms with E-state index in [0.29, 0.717) is 6.04 Å². The summed E-state index contributed by atoms with van der Waals surface area (Å²) in [6.07, 6.45) is 1.99. The van der Waals surface area contributed by atoms with Gasteiger partial charge < -0.3 is 10.2 Å². The van der Waals surface area contributed by atoms with Gasteiger partial charge in [-0.15, -0.1) is 11.3 Å². The molecule has 0 aromatic carbocycles. The van der Waals surface area contributed by atoms with Crippen molar-refractivity contribution >= 4 is 16.5 Å². The molecule has 4 heteroatoms. The molecule has 1 N–H and O–H groups in total. The van der Waals surface area contributed by atoms with E-state index in [1.165, 1.54) is 4.88 Å². The second kappa shape index (κ2) is 5.80. The van der Waals surface area contributed by atoms with Crippen LogP contribution in [0.5, 0.6) is 0 Å². The van der Waals surface area contributed by atoms with Gasteiger partial charge in [0.15, 0.2) is 5.13 Å². The van der Waals surface area contributed by atoms with E-state index in [2.05, 4.69) is 70.7 Å². The Balaban J connectivity index is 2.69. The average molecular weight is 283 g/mol. The van der Waals surface area contributed by atoms with Crippen LogP contribution in [0, 0.1) is 5.41 Å². The maximum Gasteiger partial charge on any atom is 0.185 e. The first-order valence-electron chi connectivity index (χ1n) is 6.93. The van der Waals surface area contributed by atoms with Gasteiger partial charge in [0.05, 0.1) is 0 Å². The number of nitrogens with zero attached hydrogens (tertiary/aromatic N) is 2. The van der Waals surface area contributed by atoms with Crippen LogP contribution in [0.1, 0.15) is 53.3 Å². The fourth-order valence-electron chi connectivity index (χ4n) is 1.64. The largest absolute Gasteiger partial charge is 0.348 e. The molecule has 1 unspecified atom stereocenters. The van der Waals surface area contributed by atoms with Crippen molar-refractivity contribution in [1.82, 2.24) is 10.3 Å². The highest BCUT2D eigenvalue weighted by Crippen LogP contribution is 2.30. The molecular formula is C15H29N3S. The smallest absolute Gasteiger partial charge is 0.185 e. The average Bonchev–Trinajstić information content (AvgIpc) is 2.70. The molecular weight excluding hydrogens is 254 g/mol. The minimum Gasteiger partial charge on any atom is -0.348 e. The van der Waals surface area contributed by atoms with E-state index in [9.17, 15) is 0 Å². The summed E-state index contributed by atoms with van der Waals surface area (Å²) in [5.74, 6) is 0. The fraction of sp³-hybridized carbons (Fsp3) is 0.800. The van der Waals surface area contributed by atoms with Crippen molar-refractivity contribution in [2.24, 2.45) is 5.41 Å². The first-order valence-corrected chi connectivity index (χ1v) is 7.75. The molecule has 1 aromatic rings. The van der Waals surface area contributed by atoms with Crippen LogP contribution in [0.3, 0.4) is 0 Å². The third-order valence-corrected chi connectivity index (χ3v) is 4.56. The zero-order chi connectivity index (χ0) is 14.8. The zero-order valence-electron chi connectivity index (χ0n) is 13.7. The molecule has 1 atom stereocenters. The van der Waals surface area contributed by atoms with Crippen molar-refractivity contribution in [2.45, 2.75) is 66.6 Å². The number of thiazole rings is 1. The summed E-state index contributed by atoms with van der Waals surface area (Å²) in [6, 6.07) is 0.460. The highest BCUT2D eigenvalue weighted by atomic mass is 32.1. The molecule has 1 heterocycles. The molecule has 0 bridgehead atoms. The van der Waals surface area contributed by atoms with Crippen molar-refractivity contribution in [3.05, 3.63) is 11.1 Å². The highest BCUT2D eigenvalue weighted by molar-refractivity contribution is 7.15. The van der Waals surface area contributed by atoms with E-state index in [-0.39, 0.29) is 11.0 Å². The molecule has 0 aliphatic rings. The molecule has 3 nitrogen and oxygen atoms in total. The number of hydrogen-bond donors (Lipinski definition) is 1. The predicted molar refractivity (Wildman–Crippen MR) is 86.0 cm³/mol. The van der Waals surface area contributed by atoms with Crippen LogP contribution in [-0.2, 0) is 6.54 Å². The Morgan fingerprint density at radius 1 is 1.26 bits per heavy atom. The second-order valence-electron chi connectivity index (χ2n) is 7.37. The van der Waals surface area contributed by atoms with Crippen LogP contribution in [-0.4, -0.2) is 23.6 Å². The summed E-state index contributed by atoms with van der Waals surface area (Å²) >= 11 is 1.78. The molecule has 0 saturated carbocycles. The van der Waals surface area contributed by atoms with E-state index in [4.69, 9.17) is 0 Å². The Labute approximate surface area is 122 Å². The van der Waals surface area contributed by atoms with Crippen LogP contribution < -0.4 is 10.2 Å². The van der Waals surface area contributed by atoms with Crippen molar-refractivity contribution in [3.8, 4) is 0 Å². The van der Waals surface area contributed by atoms with Gasteiger partial charge >= 0.3 is 0 Å². The van der Waals surface area contributed by atoms with Gasteiger partial charge in [-0.1, -0.05) is 20.8 Å². The molecule has 0 saturated heterocycles. The van der Waals surface area contributed by atoms with E-state index < -0.39 is 0 Å². The maximum absolute atomic E-state index is 4.56. The normalized spacial score (nSPS) is 14.5. The second-order valence-corrected chi connectivity index (χ2v) is 8.46. The third kappa shape index (κ3) is 5.11. The summed E-state index contributed by atoms with van der Waals surface area (Å²) < 4.78 is 0. The quantitative estimate of drug-likeness (QED) is 0.908. The lowest BCUT2D eigenvalue weighted by atomic mass is 9.87. The lowest BCUT2D eigenvalue weighted by molar-refractivity contribution is 0.329. The molecule has 1 aromatic heterocycles. The van der Waals surface area contributed by atoms with Crippen molar-refractivity contribution < 1.29 is 0 Å². The summed E-state index contributed by atoms with van der Waals surface area (Å²) in [5, 5.41) is 4.61. The Morgan fingerprint density at radius 3 is 2.32 bits per heavy atom. The molecule has 0 spiro atoms. The van der Waals surface area contributed by atoms with Crippen molar-refractivity contribution in [1.29, 1.82) is 0 Å². The van der Waals surface area contributed by atoms with Gasteiger partial charge in [0.2, 0.25) is 0 Å². The van der Waals surface area contributed by atoms with Crippen LogP contribution in [0.25, 0.3) is 0 Å². The number of anilines is 1. The third-order valence-electron chi connectivity index (χ3n) is 3.47. The van der Waals surface area contributed by atoms with E-state index in [1.807, 2.05) is 6.20 Å². The SMILES string of the molecule is CC(N(C)c1ncc(CNC(C)(C)C)s1)C(C)(C)C. The first-order chi connectivity index (χ1) is 8.50. The lowest BCUT2D eigenvalue weighted by Gasteiger charge is -2.35. The lowest BCUT2D eigenvalue weighted by Crippen LogP contribution is -2.39. The molecule has 0 amide bonds. The van der Waals surface area contributed by atoms with Gasteiger partial charge in [-0.3, -0.25) is 0 Å². The molecule has 0 fully saturated rings. The predicted octanol–water partition coefficient (Wildman–Crippen LogP) is 3.90. The van der Waals surface area contributed by atoms with Gasteiger partial charge in [-0.2, -0.15) is 0 Å². The topological polar surface area (TPSA) is 28.2 Å². The Hall–Kier alpha value is -0.610. The van der Waals surface area contributed by atoms with Gasteiger partial charge in [-0.25, -0.2) is 4.98 Å². The van der Waals surface area contributed by atoms with Gasteiger partial charge in [0.1, 0.15) is 0 Å². The standard InChI is InChI=1S/C15H29N3S/c1-11(14(2,3)4)18(8)13-16-9-12(19-13)10-17-15(5,6)7/h9,11,17H,10H2,1-8H3. The number of aromatic nitrogens is 1. The molecule has 110 valence electrons. The number of rotatable bonds is 4. The first kappa shape index (κ1) is 16.4. The maximum atomic E-state index is 4.56. The molecule has 0 aliphatic heterocycles. The summed E-state index contributed by atoms with van der Waals surface area (Å²) in [4.78, 5) is 8.13. The number of hydrogen-bond acceptors (Lipinski definition) is 4. The summed E-state index contributed by atoms with van der Waals surface area (Å²) in [6.45, 7) is 16.5. The minimum atomic E-state index is 0.148. The fourth-order valence-corrected chi connectivity index (χ4v) is 2.53. The van der Waals surface area contributed by atoms with Gasteiger partial charge in [-0.05, 0) is 33.1 Å². The van der Waals surface area contributed by atoms with Crippen LogP contribution in [0.2, 0.25) is 0 Å². The summed E-state index contributed by atoms with van der Waals surface area (Å²) in [5.41, 5.74) is 0.402. The Morgan fingerprint density at radius 2 is 1.84 bits per heavy atom. The molecule has 0 radical (unpaired) electrons. The monoisotopic (exact) mass is 283 g/mol. The van der Waals surface area contributed by atoms with Crippen molar-refractivity contribution in [3.63, 3.8) is 0 Å². The van der Waals surface area contributed by atoms with Gasteiger partial charge in [0.25, 0.3) is 0 Å². The molecule has 0 aliphatic carbocycles. The Bertz CT molecular complexity index is 398. The van der Waals surface area contributed by atoms with E-state index in [1.54, 1.807) is 11.3 Å². The van der Waals surface area contributed by atoms with E-state index >= 15 is 0 Å². The van der Waals surface area contributed by atoms with Gasteiger partial charge in [0, 0.05) is 36.2 Å². The minimum absolute atomic E-state index is 0.148. The number of nitrogens with one attached hydrogen (secondary N) is 1. The van der Waals surface area contributed by atoms with Crippen LogP contribution in [0.4, 0.5) is 5.13 Å². The van der Waals surface area contributed by atoms with E-state index in [0.717, 1.165) is 11.7 Å². The highest BCUT2D eigenvalue weighted by Gasteiger charge is 2.25.